The van der Waals surface area contributed by atoms with Crippen LogP contribution in [-0.2, 0) is 0 Å². The highest BCUT2D eigenvalue weighted by molar-refractivity contribution is 7.80. The van der Waals surface area contributed by atoms with Crippen LogP contribution in [-0.4, -0.2) is 41.7 Å². The van der Waals surface area contributed by atoms with Gasteiger partial charge < -0.3 is 10.6 Å². The Balaban J connectivity index is 1.65. The molecule has 1 atom stereocenters. The van der Waals surface area contributed by atoms with Crippen molar-refractivity contribution in [3.63, 3.8) is 0 Å². The second-order valence-electron chi connectivity index (χ2n) is 4.61. The minimum atomic E-state index is 0.572. The van der Waals surface area contributed by atoms with Crippen molar-refractivity contribution in [3.8, 4) is 0 Å². The SMILES string of the molecule is CCCNC(=S)NC1CCN(C2CC2)C1. The summed E-state index contributed by atoms with van der Waals surface area (Å²) in [4.78, 5) is 2.60. The maximum atomic E-state index is 5.24. The lowest BCUT2D eigenvalue weighted by atomic mass is 10.3. The van der Waals surface area contributed by atoms with E-state index in [4.69, 9.17) is 12.2 Å². The van der Waals surface area contributed by atoms with Crippen LogP contribution < -0.4 is 10.6 Å². The summed E-state index contributed by atoms with van der Waals surface area (Å²) in [5, 5.41) is 7.46. The molecular weight excluding hydrogens is 206 g/mol. The summed E-state index contributed by atoms with van der Waals surface area (Å²) < 4.78 is 0. The van der Waals surface area contributed by atoms with Gasteiger partial charge in [-0.2, -0.15) is 0 Å². The van der Waals surface area contributed by atoms with Crippen LogP contribution in [0.3, 0.4) is 0 Å². The first-order valence-corrected chi connectivity index (χ1v) is 6.49. The third kappa shape index (κ3) is 3.31. The van der Waals surface area contributed by atoms with Gasteiger partial charge in [-0.3, -0.25) is 4.90 Å². The van der Waals surface area contributed by atoms with E-state index in [1.807, 2.05) is 0 Å². The van der Waals surface area contributed by atoms with Gasteiger partial charge in [0, 0.05) is 31.7 Å². The maximum absolute atomic E-state index is 5.24. The van der Waals surface area contributed by atoms with Crippen molar-refractivity contribution < 1.29 is 0 Å². The highest BCUT2D eigenvalue weighted by Crippen LogP contribution is 2.29. The molecule has 1 heterocycles. The van der Waals surface area contributed by atoms with Gasteiger partial charge in [-0.05, 0) is 37.9 Å². The summed E-state index contributed by atoms with van der Waals surface area (Å²) in [5.74, 6) is 0. The number of nitrogens with zero attached hydrogens (tertiary/aromatic N) is 1. The fraction of sp³-hybridized carbons (Fsp3) is 0.909. The maximum Gasteiger partial charge on any atom is 0.166 e. The van der Waals surface area contributed by atoms with Crippen molar-refractivity contribution in [1.82, 2.24) is 15.5 Å². The number of hydrogen-bond donors (Lipinski definition) is 2. The lowest BCUT2D eigenvalue weighted by Gasteiger charge is -2.17. The first-order chi connectivity index (χ1) is 7.29. The summed E-state index contributed by atoms with van der Waals surface area (Å²) in [5.41, 5.74) is 0. The Hall–Kier alpha value is -0.350. The van der Waals surface area contributed by atoms with Crippen LogP contribution in [0, 0.1) is 0 Å². The molecule has 2 N–H and O–H groups in total. The molecule has 2 aliphatic rings. The number of nitrogens with one attached hydrogen (secondary N) is 2. The molecule has 0 aromatic carbocycles. The molecule has 0 radical (unpaired) electrons. The normalized spacial score (nSPS) is 26.6. The van der Waals surface area contributed by atoms with E-state index in [2.05, 4.69) is 22.5 Å². The highest BCUT2D eigenvalue weighted by Gasteiger charge is 2.34. The molecule has 0 aromatic heterocycles. The predicted molar refractivity (Wildman–Crippen MR) is 67.0 cm³/mol. The average Bonchev–Trinajstić information content (AvgIpc) is 2.98. The quantitative estimate of drug-likeness (QED) is 0.703. The van der Waals surface area contributed by atoms with Crippen molar-refractivity contribution in [3.05, 3.63) is 0 Å². The van der Waals surface area contributed by atoms with Crippen LogP contribution in [0.2, 0.25) is 0 Å². The molecule has 86 valence electrons. The predicted octanol–water partition coefficient (Wildman–Crippen LogP) is 1.10. The van der Waals surface area contributed by atoms with Gasteiger partial charge in [0.25, 0.3) is 0 Å². The summed E-state index contributed by atoms with van der Waals surface area (Å²) in [6.45, 7) is 5.56. The molecule has 4 heteroatoms. The van der Waals surface area contributed by atoms with Gasteiger partial charge in [0.1, 0.15) is 0 Å². The zero-order valence-corrected chi connectivity index (χ0v) is 10.3. The third-order valence-corrected chi connectivity index (χ3v) is 3.42. The third-order valence-electron chi connectivity index (χ3n) is 3.15. The minimum absolute atomic E-state index is 0.572. The molecule has 15 heavy (non-hydrogen) atoms. The topological polar surface area (TPSA) is 27.3 Å². The number of thiocarbonyl (C=S) groups is 1. The van der Waals surface area contributed by atoms with Gasteiger partial charge >= 0.3 is 0 Å². The first kappa shape index (κ1) is 11.1. The minimum Gasteiger partial charge on any atom is -0.363 e. The van der Waals surface area contributed by atoms with E-state index >= 15 is 0 Å². The van der Waals surface area contributed by atoms with Gasteiger partial charge in [-0.25, -0.2) is 0 Å². The van der Waals surface area contributed by atoms with Crippen molar-refractivity contribution in [2.45, 2.75) is 44.7 Å². The van der Waals surface area contributed by atoms with Gasteiger partial charge in [0.2, 0.25) is 0 Å². The van der Waals surface area contributed by atoms with Crippen molar-refractivity contribution in [2.75, 3.05) is 19.6 Å². The summed E-state index contributed by atoms with van der Waals surface area (Å²) in [6.07, 6.45) is 5.18. The lowest BCUT2D eigenvalue weighted by molar-refractivity contribution is 0.321. The van der Waals surface area contributed by atoms with E-state index in [-0.39, 0.29) is 0 Å². The van der Waals surface area contributed by atoms with Crippen molar-refractivity contribution >= 4 is 17.3 Å². The van der Waals surface area contributed by atoms with Crippen LogP contribution in [0.15, 0.2) is 0 Å². The van der Waals surface area contributed by atoms with Crippen LogP contribution in [0.4, 0.5) is 0 Å². The first-order valence-electron chi connectivity index (χ1n) is 6.08. The molecule has 1 saturated heterocycles. The second-order valence-corrected chi connectivity index (χ2v) is 5.02. The van der Waals surface area contributed by atoms with E-state index in [1.165, 1.54) is 32.4 Å². The molecule has 3 nitrogen and oxygen atoms in total. The van der Waals surface area contributed by atoms with E-state index < -0.39 is 0 Å². The Bertz CT molecular complexity index is 228. The Morgan fingerprint density at radius 1 is 1.40 bits per heavy atom. The average molecular weight is 227 g/mol. The van der Waals surface area contributed by atoms with Crippen LogP contribution in [0.25, 0.3) is 0 Å². The molecule has 2 fully saturated rings. The molecule has 0 spiro atoms. The molecular formula is C11H21N3S. The summed E-state index contributed by atoms with van der Waals surface area (Å²) in [6, 6.07) is 1.47. The Labute approximate surface area is 97.6 Å². The molecule has 1 aliphatic carbocycles. The van der Waals surface area contributed by atoms with Gasteiger partial charge in [-0.1, -0.05) is 6.92 Å². The Morgan fingerprint density at radius 3 is 2.87 bits per heavy atom. The largest absolute Gasteiger partial charge is 0.363 e. The highest BCUT2D eigenvalue weighted by atomic mass is 32.1. The van der Waals surface area contributed by atoms with E-state index in [0.29, 0.717) is 6.04 Å². The summed E-state index contributed by atoms with van der Waals surface area (Å²) >= 11 is 5.24. The fourth-order valence-corrected chi connectivity index (χ4v) is 2.42. The van der Waals surface area contributed by atoms with Crippen LogP contribution in [0.1, 0.15) is 32.6 Å². The van der Waals surface area contributed by atoms with Crippen molar-refractivity contribution in [1.29, 1.82) is 0 Å². The van der Waals surface area contributed by atoms with E-state index in [1.54, 1.807) is 0 Å². The van der Waals surface area contributed by atoms with Gasteiger partial charge in [0.15, 0.2) is 5.11 Å². The second kappa shape index (κ2) is 5.12. The van der Waals surface area contributed by atoms with Crippen LogP contribution in [0.5, 0.6) is 0 Å². The molecule has 0 amide bonds. The van der Waals surface area contributed by atoms with Gasteiger partial charge in [-0.15, -0.1) is 0 Å². The Kier molecular flexibility index (Phi) is 3.81. The zero-order chi connectivity index (χ0) is 10.7. The monoisotopic (exact) mass is 227 g/mol. The van der Waals surface area contributed by atoms with Crippen LogP contribution >= 0.6 is 12.2 Å². The van der Waals surface area contributed by atoms with Gasteiger partial charge in [0.05, 0.1) is 0 Å². The zero-order valence-electron chi connectivity index (χ0n) is 9.46. The van der Waals surface area contributed by atoms with Crippen molar-refractivity contribution in [2.24, 2.45) is 0 Å². The fourth-order valence-electron chi connectivity index (χ4n) is 2.15. The summed E-state index contributed by atoms with van der Waals surface area (Å²) in [7, 11) is 0. The molecule has 0 aromatic rings. The smallest absolute Gasteiger partial charge is 0.166 e. The van der Waals surface area contributed by atoms with E-state index in [9.17, 15) is 0 Å². The number of rotatable bonds is 4. The molecule has 0 bridgehead atoms. The standard InChI is InChI=1S/C11H21N3S/c1-2-6-12-11(15)13-9-5-7-14(8-9)10-3-4-10/h9-10H,2-8H2,1H3,(H2,12,13,15). The number of hydrogen-bond acceptors (Lipinski definition) is 2. The molecule has 1 unspecified atom stereocenters. The number of likely N-dealkylation sites (tertiary alicyclic amines) is 1. The Morgan fingerprint density at radius 2 is 2.20 bits per heavy atom. The lowest BCUT2D eigenvalue weighted by Crippen LogP contribution is -2.43. The molecule has 2 rings (SSSR count). The molecule has 1 saturated carbocycles. The molecule has 1 aliphatic heterocycles. The van der Waals surface area contributed by atoms with E-state index in [0.717, 1.165) is 24.1 Å².